The monoisotopic (exact) mass is 289 g/mol. The molecule has 2 rings (SSSR count). The molecule has 0 N–H and O–H groups in total. The molecule has 1 aromatic carbocycles. The molecule has 1 aromatic rings. The van der Waals surface area contributed by atoms with Crippen LogP contribution in [0.15, 0.2) is 30.3 Å². The number of nitrogens with zero attached hydrogens (tertiary/aromatic N) is 1. The van der Waals surface area contributed by atoms with Gasteiger partial charge in [0.15, 0.2) is 0 Å². The van der Waals surface area contributed by atoms with E-state index in [1.54, 1.807) is 0 Å². The topological polar surface area (TPSA) is 29.5 Å². The number of aryl methyl sites for hydroxylation is 1. The number of carbonyl (C=O) groups is 1. The average Bonchev–Trinajstić information content (AvgIpc) is 2.45. The van der Waals surface area contributed by atoms with Gasteiger partial charge >= 0.3 is 0 Å². The highest BCUT2D eigenvalue weighted by Crippen LogP contribution is 2.21. The maximum Gasteiger partial charge on any atom is 0.223 e. The Morgan fingerprint density at radius 1 is 1.29 bits per heavy atom. The van der Waals surface area contributed by atoms with E-state index in [9.17, 15) is 4.79 Å². The Hall–Kier alpha value is -1.35. The molecule has 21 heavy (non-hydrogen) atoms. The summed E-state index contributed by atoms with van der Waals surface area (Å²) < 4.78 is 5.82. The fourth-order valence-electron chi connectivity index (χ4n) is 2.66. The van der Waals surface area contributed by atoms with Crippen LogP contribution < -0.4 is 0 Å². The summed E-state index contributed by atoms with van der Waals surface area (Å²) >= 11 is 0. The third kappa shape index (κ3) is 5.50. The van der Waals surface area contributed by atoms with E-state index in [0.717, 1.165) is 25.9 Å². The minimum absolute atomic E-state index is 0.0505. The predicted molar refractivity (Wildman–Crippen MR) is 85.2 cm³/mol. The molecule has 0 saturated carbocycles. The van der Waals surface area contributed by atoms with Crippen molar-refractivity contribution in [3.8, 4) is 0 Å². The number of hydrogen-bond acceptors (Lipinski definition) is 2. The van der Waals surface area contributed by atoms with Gasteiger partial charge in [-0.15, -0.1) is 0 Å². The quantitative estimate of drug-likeness (QED) is 0.851. The number of rotatable bonds is 4. The number of hydrogen-bond donors (Lipinski definition) is 0. The van der Waals surface area contributed by atoms with E-state index < -0.39 is 0 Å². The van der Waals surface area contributed by atoms with E-state index >= 15 is 0 Å². The Morgan fingerprint density at radius 2 is 2.00 bits per heavy atom. The van der Waals surface area contributed by atoms with Crippen molar-refractivity contribution in [1.82, 2.24) is 4.90 Å². The van der Waals surface area contributed by atoms with Crippen molar-refractivity contribution in [2.45, 2.75) is 46.1 Å². The Kier molecular flexibility index (Phi) is 5.40. The van der Waals surface area contributed by atoms with Gasteiger partial charge in [-0.3, -0.25) is 4.79 Å². The van der Waals surface area contributed by atoms with Crippen molar-refractivity contribution in [2.75, 3.05) is 19.7 Å². The van der Waals surface area contributed by atoms with Crippen molar-refractivity contribution in [2.24, 2.45) is 5.41 Å². The molecule has 116 valence electrons. The summed E-state index contributed by atoms with van der Waals surface area (Å²) in [6, 6.07) is 10.5. The molecule has 0 radical (unpaired) electrons. The number of benzene rings is 1. The molecular formula is C18H27NO2. The number of amides is 1. The van der Waals surface area contributed by atoms with Crippen LogP contribution in [0.3, 0.4) is 0 Å². The summed E-state index contributed by atoms with van der Waals surface area (Å²) in [5, 5.41) is 0. The Bertz CT molecular complexity index is 450. The van der Waals surface area contributed by atoms with Crippen LogP contribution in [0, 0.1) is 5.41 Å². The summed E-state index contributed by atoms with van der Waals surface area (Å²) in [4.78, 5) is 14.3. The van der Waals surface area contributed by atoms with E-state index in [2.05, 4.69) is 45.0 Å². The highest BCUT2D eigenvalue weighted by molar-refractivity contribution is 5.76. The SMILES string of the molecule is CC(C)(C)CC(=O)N1CCOC(CCc2ccccc2)C1. The molecule has 0 bridgehead atoms. The molecular weight excluding hydrogens is 262 g/mol. The Labute approximate surface area is 128 Å². The Balaban J connectivity index is 1.82. The Morgan fingerprint density at radius 3 is 2.67 bits per heavy atom. The van der Waals surface area contributed by atoms with Gasteiger partial charge in [-0.05, 0) is 23.8 Å². The van der Waals surface area contributed by atoms with Gasteiger partial charge in [-0.25, -0.2) is 0 Å². The lowest BCUT2D eigenvalue weighted by Crippen LogP contribution is -2.46. The lowest BCUT2D eigenvalue weighted by atomic mass is 9.91. The summed E-state index contributed by atoms with van der Waals surface area (Å²) in [6.45, 7) is 8.46. The van der Waals surface area contributed by atoms with Gasteiger partial charge in [-0.1, -0.05) is 51.1 Å². The zero-order chi connectivity index (χ0) is 15.3. The number of morpholine rings is 1. The maximum absolute atomic E-state index is 12.3. The van der Waals surface area contributed by atoms with Crippen LogP contribution in [0.25, 0.3) is 0 Å². The van der Waals surface area contributed by atoms with Crippen LogP contribution in [0.1, 0.15) is 39.2 Å². The third-order valence-electron chi connectivity index (χ3n) is 3.77. The fraction of sp³-hybridized carbons (Fsp3) is 0.611. The molecule has 1 unspecified atom stereocenters. The second-order valence-corrected chi connectivity index (χ2v) is 7.09. The first-order valence-electron chi connectivity index (χ1n) is 7.87. The largest absolute Gasteiger partial charge is 0.375 e. The smallest absolute Gasteiger partial charge is 0.223 e. The summed E-state index contributed by atoms with van der Waals surface area (Å²) in [5.74, 6) is 0.260. The predicted octanol–water partition coefficient (Wildman–Crippen LogP) is 3.28. The molecule has 1 atom stereocenters. The van der Waals surface area contributed by atoms with Crippen LogP contribution in [-0.2, 0) is 16.0 Å². The molecule has 1 aliphatic rings. The normalized spacial score (nSPS) is 19.6. The first kappa shape index (κ1) is 16.0. The first-order chi connectivity index (χ1) is 9.94. The molecule has 0 spiro atoms. The van der Waals surface area contributed by atoms with Crippen LogP contribution in [0.5, 0.6) is 0 Å². The van der Waals surface area contributed by atoms with Gasteiger partial charge in [-0.2, -0.15) is 0 Å². The minimum Gasteiger partial charge on any atom is -0.375 e. The van der Waals surface area contributed by atoms with E-state index in [1.165, 1.54) is 5.56 Å². The van der Waals surface area contributed by atoms with Crippen LogP contribution in [0.4, 0.5) is 0 Å². The molecule has 1 fully saturated rings. The summed E-state index contributed by atoms with van der Waals surface area (Å²) in [6.07, 6.45) is 2.76. The maximum atomic E-state index is 12.3. The molecule has 0 aromatic heterocycles. The molecule has 1 saturated heterocycles. The second-order valence-electron chi connectivity index (χ2n) is 7.09. The average molecular weight is 289 g/mol. The number of carbonyl (C=O) groups excluding carboxylic acids is 1. The van der Waals surface area contributed by atoms with Crippen LogP contribution >= 0.6 is 0 Å². The van der Waals surface area contributed by atoms with Crippen LogP contribution in [-0.4, -0.2) is 36.6 Å². The van der Waals surface area contributed by atoms with Gasteiger partial charge in [0.1, 0.15) is 0 Å². The molecule has 3 heteroatoms. The third-order valence-corrected chi connectivity index (χ3v) is 3.77. The van der Waals surface area contributed by atoms with E-state index in [1.807, 2.05) is 11.0 Å². The van der Waals surface area contributed by atoms with Gasteiger partial charge in [0.2, 0.25) is 5.91 Å². The lowest BCUT2D eigenvalue weighted by Gasteiger charge is -2.34. The first-order valence-corrected chi connectivity index (χ1v) is 7.87. The van der Waals surface area contributed by atoms with E-state index in [0.29, 0.717) is 13.0 Å². The van der Waals surface area contributed by atoms with Crippen LogP contribution in [0.2, 0.25) is 0 Å². The van der Waals surface area contributed by atoms with Gasteiger partial charge in [0.05, 0.1) is 12.7 Å². The molecule has 1 amide bonds. The molecule has 1 heterocycles. The zero-order valence-electron chi connectivity index (χ0n) is 13.5. The molecule has 0 aliphatic carbocycles. The van der Waals surface area contributed by atoms with Crippen molar-refractivity contribution in [1.29, 1.82) is 0 Å². The van der Waals surface area contributed by atoms with Crippen molar-refractivity contribution in [3.05, 3.63) is 35.9 Å². The minimum atomic E-state index is 0.0505. The van der Waals surface area contributed by atoms with E-state index in [4.69, 9.17) is 4.74 Å². The van der Waals surface area contributed by atoms with Gasteiger partial charge in [0, 0.05) is 19.5 Å². The number of ether oxygens (including phenoxy) is 1. The highest BCUT2D eigenvalue weighted by atomic mass is 16.5. The molecule has 1 aliphatic heterocycles. The highest BCUT2D eigenvalue weighted by Gasteiger charge is 2.26. The van der Waals surface area contributed by atoms with Crippen molar-refractivity contribution >= 4 is 5.91 Å². The van der Waals surface area contributed by atoms with E-state index in [-0.39, 0.29) is 17.4 Å². The van der Waals surface area contributed by atoms with Gasteiger partial charge < -0.3 is 9.64 Å². The molecule has 3 nitrogen and oxygen atoms in total. The lowest BCUT2D eigenvalue weighted by molar-refractivity contribution is -0.140. The summed E-state index contributed by atoms with van der Waals surface area (Å²) in [5.41, 5.74) is 1.38. The van der Waals surface area contributed by atoms with Crippen molar-refractivity contribution in [3.63, 3.8) is 0 Å². The summed E-state index contributed by atoms with van der Waals surface area (Å²) in [7, 11) is 0. The zero-order valence-corrected chi connectivity index (χ0v) is 13.5. The van der Waals surface area contributed by atoms with Gasteiger partial charge in [0.25, 0.3) is 0 Å². The fourth-order valence-corrected chi connectivity index (χ4v) is 2.66. The van der Waals surface area contributed by atoms with Crippen molar-refractivity contribution < 1.29 is 9.53 Å². The second kappa shape index (κ2) is 7.08. The standard InChI is InChI=1S/C18H27NO2/c1-18(2,3)13-17(20)19-11-12-21-16(14-19)10-9-15-7-5-4-6-8-15/h4-8,16H,9-14H2,1-3H3.